The Hall–Kier alpha value is -1.20. The molecular weight excluding hydrogens is 214 g/mol. The number of hydrogen-bond acceptors (Lipinski definition) is 3. The van der Waals surface area contributed by atoms with Crippen molar-refractivity contribution in [3.63, 3.8) is 0 Å². The predicted molar refractivity (Wildman–Crippen MR) is 56.0 cm³/mol. The van der Waals surface area contributed by atoms with Crippen LogP contribution in [0.3, 0.4) is 0 Å². The van der Waals surface area contributed by atoms with Crippen LogP contribution in [0.1, 0.15) is 15.9 Å². The van der Waals surface area contributed by atoms with Crippen LogP contribution in [0.5, 0.6) is 0 Å². The van der Waals surface area contributed by atoms with Gasteiger partial charge in [-0.3, -0.25) is 4.79 Å². The van der Waals surface area contributed by atoms with Gasteiger partial charge in [0.2, 0.25) is 10.0 Å². The number of carbonyl (C=O) groups is 1. The maximum absolute atomic E-state index is 11.6. The predicted octanol–water partition coefficient (Wildman–Crippen LogP) is 0.644. The van der Waals surface area contributed by atoms with Crippen LogP contribution in [0, 0.1) is 0 Å². The highest BCUT2D eigenvalue weighted by molar-refractivity contribution is 7.88. The van der Waals surface area contributed by atoms with Gasteiger partial charge in [-0.15, -0.1) is 0 Å². The number of sulfonamides is 1. The lowest BCUT2D eigenvalue weighted by Crippen LogP contribution is -2.38. The van der Waals surface area contributed by atoms with Crippen LogP contribution in [0.4, 0.5) is 0 Å². The number of nitrogens with zero attached hydrogens (tertiary/aromatic N) is 1. The van der Waals surface area contributed by atoms with E-state index in [1.54, 1.807) is 24.3 Å². The van der Waals surface area contributed by atoms with Gasteiger partial charge in [0.15, 0.2) is 5.78 Å². The summed E-state index contributed by atoms with van der Waals surface area (Å²) in [5.41, 5.74) is 1.41. The van der Waals surface area contributed by atoms with Gasteiger partial charge in [0.25, 0.3) is 0 Å². The molecule has 0 fully saturated rings. The van der Waals surface area contributed by atoms with Gasteiger partial charge in [0.1, 0.15) is 0 Å². The Labute approximate surface area is 88.6 Å². The van der Waals surface area contributed by atoms with Crippen molar-refractivity contribution in [3.8, 4) is 0 Å². The number of carbonyl (C=O) groups excluding carboxylic acids is 1. The molecule has 15 heavy (non-hydrogen) atoms. The smallest absolute Gasteiger partial charge is 0.211 e. The van der Waals surface area contributed by atoms with E-state index in [1.807, 2.05) is 0 Å². The second-order valence-electron chi connectivity index (χ2n) is 3.61. The summed E-state index contributed by atoms with van der Waals surface area (Å²) in [5.74, 6) is -0.137. The minimum atomic E-state index is -3.29. The highest BCUT2D eigenvalue weighted by Gasteiger charge is 2.27. The van der Waals surface area contributed by atoms with Crippen LogP contribution in [0.25, 0.3) is 0 Å². The van der Waals surface area contributed by atoms with E-state index < -0.39 is 10.0 Å². The molecule has 0 aliphatic carbocycles. The first-order valence-corrected chi connectivity index (χ1v) is 6.39. The number of ketones is 1. The first-order chi connectivity index (χ1) is 6.98. The molecular formula is C10H11NO3S. The third-order valence-electron chi connectivity index (χ3n) is 2.45. The monoisotopic (exact) mass is 225 g/mol. The van der Waals surface area contributed by atoms with Crippen molar-refractivity contribution in [2.75, 3.05) is 12.8 Å². The molecule has 0 atom stereocenters. The molecule has 4 nitrogen and oxygen atoms in total. The van der Waals surface area contributed by atoms with Crippen molar-refractivity contribution in [2.24, 2.45) is 0 Å². The zero-order chi connectivity index (χ0) is 11.1. The number of benzene rings is 1. The average Bonchev–Trinajstić information content (AvgIpc) is 2.16. The van der Waals surface area contributed by atoms with E-state index in [1.165, 1.54) is 4.31 Å². The zero-order valence-electron chi connectivity index (χ0n) is 8.30. The Morgan fingerprint density at radius 2 is 1.87 bits per heavy atom. The van der Waals surface area contributed by atoms with E-state index in [9.17, 15) is 13.2 Å². The van der Waals surface area contributed by atoms with Crippen molar-refractivity contribution in [1.82, 2.24) is 4.31 Å². The lowest BCUT2D eigenvalue weighted by Gasteiger charge is -2.25. The van der Waals surface area contributed by atoms with Gasteiger partial charge >= 0.3 is 0 Å². The summed E-state index contributed by atoms with van der Waals surface area (Å²) in [6.45, 7) is 0.247. The van der Waals surface area contributed by atoms with Gasteiger partial charge in [0.05, 0.1) is 12.8 Å². The minimum Gasteiger partial charge on any atom is -0.293 e. The van der Waals surface area contributed by atoms with Crippen LogP contribution in [0.15, 0.2) is 24.3 Å². The fraction of sp³-hybridized carbons (Fsp3) is 0.300. The molecule has 0 radical (unpaired) electrons. The number of rotatable bonds is 1. The normalized spacial score (nSPS) is 17.5. The highest BCUT2D eigenvalue weighted by atomic mass is 32.2. The van der Waals surface area contributed by atoms with Gasteiger partial charge in [-0.1, -0.05) is 24.3 Å². The molecule has 0 spiro atoms. The Morgan fingerprint density at radius 3 is 2.53 bits per heavy atom. The van der Waals surface area contributed by atoms with Gasteiger partial charge in [0, 0.05) is 12.1 Å². The van der Waals surface area contributed by atoms with Crippen molar-refractivity contribution in [3.05, 3.63) is 35.4 Å². The zero-order valence-corrected chi connectivity index (χ0v) is 9.12. The lowest BCUT2D eigenvalue weighted by molar-refractivity contribution is 0.0950. The molecule has 0 aromatic heterocycles. The highest BCUT2D eigenvalue weighted by Crippen LogP contribution is 2.20. The molecule has 0 bridgehead atoms. The summed E-state index contributed by atoms with van der Waals surface area (Å²) in [6.07, 6.45) is 1.12. The fourth-order valence-electron chi connectivity index (χ4n) is 1.66. The molecule has 0 saturated carbocycles. The molecule has 2 rings (SSSR count). The van der Waals surface area contributed by atoms with Gasteiger partial charge < -0.3 is 0 Å². The molecule has 0 saturated heterocycles. The quantitative estimate of drug-likeness (QED) is 0.705. The maximum Gasteiger partial charge on any atom is 0.211 e. The second kappa shape index (κ2) is 3.43. The second-order valence-corrected chi connectivity index (χ2v) is 5.59. The van der Waals surface area contributed by atoms with Crippen molar-refractivity contribution < 1.29 is 13.2 Å². The molecule has 0 amide bonds. The van der Waals surface area contributed by atoms with E-state index in [0.29, 0.717) is 12.1 Å². The van der Waals surface area contributed by atoms with Crippen LogP contribution < -0.4 is 0 Å². The Balaban J connectivity index is 2.43. The van der Waals surface area contributed by atoms with Crippen LogP contribution in [0.2, 0.25) is 0 Å². The third kappa shape index (κ3) is 1.93. The van der Waals surface area contributed by atoms with Gasteiger partial charge in [-0.25, -0.2) is 8.42 Å². The van der Waals surface area contributed by atoms with Gasteiger partial charge in [-0.2, -0.15) is 4.31 Å². The van der Waals surface area contributed by atoms with E-state index in [4.69, 9.17) is 0 Å². The number of fused-ring (bicyclic) bond motifs is 1. The molecule has 1 aromatic carbocycles. The molecule has 1 aromatic rings. The standard InChI is InChI=1S/C10H11NO3S/c1-15(13,14)11-6-8-4-2-3-5-9(8)10(12)7-11/h2-5H,6-7H2,1H3. The molecule has 0 unspecified atom stereocenters. The summed E-state index contributed by atoms with van der Waals surface area (Å²) in [4.78, 5) is 11.6. The first kappa shape index (κ1) is 10.3. The van der Waals surface area contributed by atoms with E-state index in [0.717, 1.165) is 11.8 Å². The molecule has 1 aliphatic rings. The molecule has 0 N–H and O–H groups in total. The molecule has 1 heterocycles. The summed E-state index contributed by atoms with van der Waals surface area (Å²) >= 11 is 0. The minimum absolute atomic E-state index is 0.0458. The van der Waals surface area contributed by atoms with Crippen molar-refractivity contribution in [2.45, 2.75) is 6.54 Å². The lowest BCUT2D eigenvalue weighted by atomic mass is 10.0. The molecule has 5 heteroatoms. The van der Waals surface area contributed by atoms with E-state index >= 15 is 0 Å². The Bertz CT molecular complexity index is 507. The fourth-order valence-corrected chi connectivity index (χ4v) is 2.38. The number of Topliss-reactive ketones (excluding diaryl/α,β-unsaturated/α-hetero) is 1. The summed E-state index contributed by atoms with van der Waals surface area (Å²) in [5, 5.41) is 0. The summed E-state index contributed by atoms with van der Waals surface area (Å²) < 4.78 is 23.8. The number of hydrogen-bond donors (Lipinski definition) is 0. The van der Waals surface area contributed by atoms with Crippen molar-refractivity contribution >= 4 is 15.8 Å². The molecule has 80 valence electrons. The third-order valence-corrected chi connectivity index (χ3v) is 3.65. The first-order valence-electron chi connectivity index (χ1n) is 4.55. The SMILES string of the molecule is CS(=O)(=O)N1CC(=O)c2ccccc2C1. The van der Waals surface area contributed by atoms with Crippen molar-refractivity contribution in [1.29, 1.82) is 0 Å². The Kier molecular flexibility index (Phi) is 2.36. The largest absolute Gasteiger partial charge is 0.293 e. The van der Waals surface area contributed by atoms with Crippen LogP contribution in [-0.4, -0.2) is 31.3 Å². The van der Waals surface area contributed by atoms with Crippen LogP contribution >= 0.6 is 0 Å². The Morgan fingerprint density at radius 1 is 1.20 bits per heavy atom. The van der Waals surface area contributed by atoms with Crippen LogP contribution in [-0.2, 0) is 16.6 Å². The average molecular weight is 225 g/mol. The van der Waals surface area contributed by atoms with E-state index in [-0.39, 0.29) is 12.3 Å². The van der Waals surface area contributed by atoms with Gasteiger partial charge in [-0.05, 0) is 5.56 Å². The topological polar surface area (TPSA) is 54.5 Å². The molecule has 1 aliphatic heterocycles. The van der Waals surface area contributed by atoms with E-state index in [2.05, 4.69) is 0 Å². The summed E-state index contributed by atoms with van der Waals surface area (Å²) in [7, 11) is -3.29. The summed E-state index contributed by atoms with van der Waals surface area (Å²) in [6, 6.07) is 7.10. The maximum atomic E-state index is 11.6.